The molecule has 0 radical (unpaired) electrons. The first-order chi connectivity index (χ1) is 8.01. The van der Waals surface area contributed by atoms with Crippen LogP contribution in [0, 0.1) is 0 Å². The monoisotopic (exact) mass is 247 g/mol. The minimum Gasteiger partial charge on any atom is -0.481 e. The average Bonchev–Trinajstić information content (AvgIpc) is 2.30. The number of carbonyl (C=O) groups excluding carboxylic acids is 1. The molecule has 1 unspecified atom stereocenters. The van der Waals surface area contributed by atoms with Crippen LogP contribution in [0.2, 0.25) is 0 Å². The summed E-state index contributed by atoms with van der Waals surface area (Å²) in [6.45, 7) is 1.47. The summed E-state index contributed by atoms with van der Waals surface area (Å²) >= 11 is 0. The summed E-state index contributed by atoms with van der Waals surface area (Å²) in [5.41, 5.74) is 0. The van der Waals surface area contributed by atoms with Gasteiger partial charge < -0.3 is 25.4 Å². The van der Waals surface area contributed by atoms with Crippen molar-refractivity contribution in [3.05, 3.63) is 0 Å². The Morgan fingerprint density at radius 2 is 2.12 bits per heavy atom. The topological polar surface area (TPSA) is 90.9 Å². The van der Waals surface area contributed by atoms with E-state index >= 15 is 0 Å². The minimum absolute atomic E-state index is 0.128. The fraction of sp³-hybridized carbons (Fsp3) is 0.800. The maximum atomic E-state index is 11.5. The van der Waals surface area contributed by atoms with Gasteiger partial charge in [0.05, 0.1) is 12.5 Å². The van der Waals surface area contributed by atoms with E-state index in [0.29, 0.717) is 13.1 Å². The molecule has 0 aliphatic carbocycles. The van der Waals surface area contributed by atoms with Gasteiger partial charge in [-0.1, -0.05) is 0 Å². The van der Waals surface area contributed by atoms with Crippen molar-refractivity contribution in [3.63, 3.8) is 0 Å². The molecule has 0 aromatic rings. The van der Waals surface area contributed by atoms with Gasteiger partial charge in [0, 0.05) is 33.8 Å². The number of likely N-dealkylation sites (N-methyl/N-ethyl adjacent to an activating group) is 2. The zero-order valence-corrected chi connectivity index (χ0v) is 10.5. The SMILES string of the molecule is CNCCN(C)C(=O)NCC(CC(=O)O)OC. The van der Waals surface area contributed by atoms with Crippen LogP contribution in [0.15, 0.2) is 0 Å². The second kappa shape index (κ2) is 8.77. The Labute approximate surface area is 101 Å². The number of hydrogen-bond acceptors (Lipinski definition) is 4. The third kappa shape index (κ3) is 7.53. The van der Waals surface area contributed by atoms with Crippen molar-refractivity contribution in [1.29, 1.82) is 0 Å². The maximum absolute atomic E-state index is 11.5. The van der Waals surface area contributed by atoms with Crippen molar-refractivity contribution in [3.8, 4) is 0 Å². The average molecular weight is 247 g/mol. The quantitative estimate of drug-likeness (QED) is 0.529. The zero-order chi connectivity index (χ0) is 13.3. The predicted molar refractivity (Wildman–Crippen MR) is 63.0 cm³/mol. The Morgan fingerprint density at radius 1 is 1.47 bits per heavy atom. The third-order valence-electron chi connectivity index (χ3n) is 2.26. The largest absolute Gasteiger partial charge is 0.481 e. The molecule has 0 rings (SSSR count). The van der Waals surface area contributed by atoms with E-state index in [1.54, 1.807) is 14.1 Å². The minimum atomic E-state index is -0.949. The lowest BCUT2D eigenvalue weighted by atomic mass is 10.2. The van der Waals surface area contributed by atoms with Crippen LogP contribution in [-0.2, 0) is 9.53 Å². The molecule has 0 aliphatic rings. The van der Waals surface area contributed by atoms with Gasteiger partial charge >= 0.3 is 12.0 Å². The van der Waals surface area contributed by atoms with Gasteiger partial charge in [0.25, 0.3) is 0 Å². The van der Waals surface area contributed by atoms with Crippen LogP contribution >= 0.6 is 0 Å². The Balaban J connectivity index is 3.90. The van der Waals surface area contributed by atoms with Gasteiger partial charge in [-0.25, -0.2) is 4.79 Å². The number of carbonyl (C=O) groups is 2. The number of urea groups is 1. The first-order valence-electron chi connectivity index (χ1n) is 5.39. The Morgan fingerprint density at radius 3 is 2.59 bits per heavy atom. The van der Waals surface area contributed by atoms with E-state index in [2.05, 4.69) is 10.6 Å². The highest BCUT2D eigenvalue weighted by molar-refractivity contribution is 5.74. The Kier molecular flexibility index (Phi) is 8.08. The van der Waals surface area contributed by atoms with Crippen molar-refractivity contribution in [2.24, 2.45) is 0 Å². The molecule has 0 aliphatic heterocycles. The molecule has 0 spiro atoms. The molecule has 0 bridgehead atoms. The number of hydrogen-bond donors (Lipinski definition) is 3. The lowest BCUT2D eigenvalue weighted by Crippen LogP contribution is -2.43. The molecule has 17 heavy (non-hydrogen) atoms. The number of rotatable bonds is 8. The van der Waals surface area contributed by atoms with Crippen molar-refractivity contribution in [1.82, 2.24) is 15.5 Å². The normalized spacial score (nSPS) is 11.9. The van der Waals surface area contributed by atoms with E-state index in [9.17, 15) is 9.59 Å². The summed E-state index contributed by atoms with van der Waals surface area (Å²) in [6.07, 6.45) is -0.633. The van der Waals surface area contributed by atoms with Gasteiger partial charge in [-0.05, 0) is 7.05 Å². The maximum Gasteiger partial charge on any atom is 0.317 e. The first-order valence-corrected chi connectivity index (χ1v) is 5.39. The van der Waals surface area contributed by atoms with Gasteiger partial charge in [0.15, 0.2) is 0 Å². The number of nitrogens with zero attached hydrogens (tertiary/aromatic N) is 1. The lowest BCUT2D eigenvalue weighted by molar-refractivity contribution is -0.139. The molecular weight excluding hydrogens is 226 g/mol. The number of ether oxygens (including phenoxy) is 1. The number of nitrogens with one attached hydrogen (secondary N) is 2. The summed E-state index contributed by atoms with van der Waals surface area (Å²) < 4.78 is 4.95. The molecular formula is C10H21N3O4. The van der Waals surface area contributed by atoms with Crippen LogP contribution in [0.3, 0.4) is 0 Å². The standard InChI is InChI=1S/C10H21N3O4/c1-11-4-5-13(2)10(16)12-7-8(17-3)6-9(14)15/h8,11H,4-7H2,1-3H3,(H,12,16)(H,14,15). The lowest BCUT2D eigenvalue weighted by Gasteiger charge is -2.20. The van der Waals surface area contributed by atoms with Crippen molar-refractivity contribution >= 4 is 12.0 Å². The van der Waals surface area contributed by atoms with Crippen LogP contribution in [0.4, 0.5) is 4.79 Å². The summed E-state index contributed by atoms with van der Waals surface area (Å²) in [5.74, 6) is -0.949. The molecule has 0 aromatic heterocycles. The van der Waals surface area contributed by atoms with Gasteiger partial charge in [-0.2, -0.15) is 0 Å². The predicted octanol–water partition coefficient (Wildman–Crippen LogP) is -0.663. The molecule has 100 valence electrons. The molecule has 0 fully saturated rings. The van der Waals surface area contributed by atoms with E-state index in [4.69, 9.17) is 9.84 Å². The van der Waals surface area contributed by atoms with E-state index in [-0.39, 0.29) is 19.0 Å². The molecule has 0 aromatic carbocycles. The summed E-state index contributed by atoms with van der Waals surface area (Å²) in [7, 11) is 4.90. The molecule has 7 nitrogen and oxygen atoms in total. The van der Waals surface area contributed by atoms with Crippen LogP contribution in [0.25, 0.3) is 0 Å². The van der Waals surface area contributed by atoms with Crippen molar-refractivity contribution in [2.45, 2.75) is 12.5 Å². The number of methoxy groups -OCH3 is 1. The zero-order valence-electron chi connectivity index (χ0n) is 10.5. The molecule has 7 heteroatoms. The van der Waals surface area contributed by atoms with Crippen LogP contribution in [0.5, 0.6) is 0 Å². The number of carboxylic acids is 1. The van der Waals surface area contributed by atoms with Crippen molar-refractivity contribution in [2.75, 3.05) is 40.8 Å². The summed E-state index contributed by atoms with van der Waals surface area (Å²) in [6, 6.07) is -0.243. The van der Waals surface area contributed by atoms with Crippen molar-refractivity contribution < 1.29 is 19.4 Å². The molecule has 0 saturated carbocycles. The fourth-order valence-corrected chi connectivity index (χ4v) is 1.15. The highest BCUT2D eigenvalue weighted by Crippen LogP contribution is 1.96. The van der Waals surface area contributed by atoms with Gasteiger partial charge in [-0.15, -0.1) is 0 Å². The van der Waals surface area contributed by atoms with Gasteiger partial charge in [0.2, 0.25) is 0 Å². The summed E-state index contributed by atoms with van der Waals surface area (Å²) in [5, 5.41) is 14.1. The second-order valence-electron chi connectivity index (χ2n) is 3.67. The Hall–Kier alpha value is -1.34. The molecule has 3 N–H and O–H groups in total. The number of amides is 2. The summed E-state index contributed by atoms with van der Waals surface area (Å²) in [4.78, 5) is 23.5. The van der Waals surface area contributed by atoms with Crippen LogP contribution in [-0.4, -0.2) is 69.0 Å². The molecule has 0 saturated heterocycles. The second-order valence-corrected chi connectivity index (χ2v) is 3.67. The van der Waals surface area contributed by atoms with E-state index in [1.165, 1.54) is 12.0 Å². The first kappa shape index (κ1) is 15.7. The highest BCUT2D eigenvalue weighted by Gasteiger charge is 2.14. The van der Waals surface area contributed by atoms with E-state index in [0.717, 1.165) is 0 Å². The number of carboxylic acid groups (broad SMARTS) is 1. The smallest absolute Gasteiger partial charge is 0.317 e. The van der Waals surface area contributed by atoms with E-state index < -0.39 is 12.1 Å². The molecule has 0 heterocycles. The van der Waals surface area contributed by atoms with Gasteiger partial charge in [-0.3, -0.25) is 4.79 Å². The molecule has 1 atom stereocenters. The molecule has 2 amide bonds. The number of aliphatic carboxylic acids is 1. The third-order valence-corrected chi connectivity index (χ3v) is 2.26. The van der Waals surface area contributed by atoms with E-state index in [1.807, 2.05) is 0 Å². The van der Waals surface area contributed by atoms with Gasteiger partial charge in [0.1, 0.15) is 0 Å². The highest BCUT2D eigenvalue weighted by atomic mass is 16.5. The van der Waals surface area contributed by atoms with Crippen LogP contribution in [0.1, 0.15) is 6.42 Å². The Bertz CT molecular complexity index is 248. The van der Waals surface area contributed by atoms with Crippen LogP contribution < -0.4 is 10.6 Å². The fourth-order valence-electron chi connectivity index (χ4n) is 1.15.